The van der Waals surface area contributed by atoms with Gasteiger partial charge in [0.05, 0.1) is 12.6 Å². The molecule has 1 atom stereocenters. The fourth-order valence-corrected chi connectivity index (χ4v) is 3.80. The Bertz CT molecular complexity index is 884. The van der Waals surface area contributed by atoms with Crippen LogP contribution in [0.4, 0.5) is 5.82 Å². The number of pyridine rings is 1. The van der Waals surface area contributed by atoms with Gasteiger partial charge in [-0.3, -0.25) is 4.90 Å². The first-order valence-corrected chi connectivity index (χ1v) is 12.0. The highest BCUT2D eigenvalue weighted by atomic mass is 16.5. The number of carboxylic acid groups (broad SMARTS) is 2. The molecule has 190 valence electrons. The zero-order chi connectivity index (χ0) is 25.5. The first-order valence-electron chi connectivity index (χ1n) is 12.0. The van der Waals surface area contributed by atoms with Crippen LogP contribution in [-0.4, -0.2) is 70.9 Å². The molecule has 2 N–H and O–H groups in total. The Morgan fingerprint density at radius 2 is 1.63 bits per heavy atom. The van der Waals surface area contributed by atoms with Crippen LogP contribution in [0.5, 0.6) is 0 Å². The number of benzene rings is 1. The molecule has 35 heavy (non-hydrogen) atoms. The highest BCUT2D eigenvalue weighted by Crippen LogP contribution is 2.19. The Morgan fingerprint density at radius 1 is 1.00 bits per heavy atom. The van der Waals surface area contributed by atoms with Gasteiger partial charge in [0.1, 0.15) is 5.82 Å². The normalized spacial score (nSPS) is 14.5. The van der Waals surface area contributed by atoms with E-state index in [1.54, 1.807) is 0 Å². The number of hydrogen-bond donors (Lipinski definition) is 2. The average molecular weight is 484 g/mol. The standard InChI is InChI=1S/C23H33N3O.C4H4O4/c1-20(2)18-27-19-22(25-14-8-9-15-25)17-26(23-12-6-7-13-24-23)16-21-10-4-3-5-11-21;5-3(6)1-2-4(7)8/h3-7,10-13,20,22H,8-9,14-19H2,1-2H3;1-2H,(H,5,6)(H,7,8)/b;2-1+. The van der Waals surface area contributed by atoms with Crippen molar-refractivity contribution in [3.8, 4) is 0 Å². The Morgan fingerprint density at radius 3 is 2.17 bits per heavy atom. The van der Waals surface area contributed by atoms with Gasteiger partial charge >= 0.3 is 11.9 Å². The number of anilines is 1. The molecule has 0 radical (unpaired) electrons. The molecule has 0 saturated carbocycles. The third kappa shape index (κ3) is 11.6. The molecule has 0 amide bonds. The van der Waals surface area contributed by atoms with Crippen LogP contribution in [0.15, 0.2) is 66.9 Å². The fraction of sp³-hybridized carbons (Fsp3) is 0.444. The maximum atomic E-state index is 9.55. The lowest BCUT2D eigenvalue weighted by Crippen LogP contribution is -2.46. The second-order valence-electron chi connectivity index (χ2n) is 8.89. The van der Waals surface area contributed by atoms with E-state index in [2.05, 4.69) is 71.1 Å². The summed E-state index contributed by atoms with van der Waals surface area (Å²) in [4.78, 5) is 28.7. The van der Waals surface area contributed by atoms with Crippen LogP contribution in [0.3, 0.4) is 0 Å². The maximum Gasteiger partial charge on any atom is 0.328 e. The third-order valence-corrected chi connectivity index (χ3v) is 5.41. The first-order chi connectivity index (χ1) is 16.8. The van der Waals surface area contributed by atoms with Crippen molar-refractivity contribution in [3.05, 3.63) is 72.4 Å². The van der Waals surface area contributed by atoms with Crippen molar-refractivity contribution < 1.29 is 24.5 Å². The van der Waals surface area contributed by atoms with Gasteiger partial charge in [-0.05, 0) is 49.5 Å². The molecule has 1 aromatic carbocycles. The lowest BCUT2D eigenvalue weighted by Gasteiger charge is -2.34. The van der Waals surface area contributed by atoms with Crippen molar-refractivity contribution in [2.45, 2.75) is 39.3 Å². The number of nitrogens with zero attached hydrogens (tertiary/aromatic N) is 3. The van der Waals surface area contributed by atoms with E-state index in [4.69, 9.17) is 14.9 Å². The van der Waals surface area contributed by atoms with Crippen molar-refractivity contribution in [2.24, 2.45) is 5.92 Å². The molecule has 0 aliphatic carbocycles. The van der Waals surface area contributed by atoms with E-state index in [-0.39, 0.29) is 0 Å². The molecular formula is C27H37N3O5. The van der Waals surface area contributed by atoms with Gasteiger partial charge in [0.2, 0.25) is 0 Å². The van der Waals surface area contributed by atoms with Crippen molar-refractivity contribution in [1.82, 2.24) is 9.88 Å². The number of rotatable bonds is 12. The SMILES string of the molecule is CC(C)COCC(CN(Cc1ccccc1)c1ccccn1)N1CCCC1.O=C(O)/C=C/C(=O)O. The Hall–Kier alpha value is -3.23. The predicted octanol–water partition coefficient (Wildman–Crippen LogP) is 3.94. The minimum atomic E-state index is -1.26. The number of carboxylic acids is 2. The summed E-state index contributed by atoms with van der Waals surface area (Å²) in [5.74, 6) is -0.908. The molecule has 8 heteroatoms. The minimum Gasteiger partial charge on any atom is -0.478 e. The van der Waals surface area contributed by atoms with Crippen LogP contribution < -0.4 is 4.90 Å². The van der Waals surface area contributed by atoms with Crippen LogP contribution in [0.1, 0.15) is 32.3 Å². The number of ether oxygens (including phenoxy) is 1. The summed E-state index contributed by atoms with van der Waals surface area (Å²) >= 11 is 0. The molecule has 3 rings (SSSR count). The number of aliphatic carboxylic acids is 2. The van der Waals surface area contributed by atoms with E-state index in [9.17, 15) is 9.59 Å². The van der Waals surface area contributed by atoms with Crippen LogP contribution >= 0.6 is 0 Å². The molecule has 2 aromatic rings. The highest BCUT2D eigenvalue weighted by molar-refractivity contribution is 5.89. The maximum absolute atomic E-state index is 9.55. The topological polar surface area (TPSA) is 103 Å². The Labute approximate surface area is 207 Å². The van der Waals surface area contributed by atoms with Crippen LogP contribution in [0.25, 0.3) is 0 Å². The van der Waals surface area contributed by atoms with Crippen molar-refractivity contribution >= 4 is 17.8 Å². The van der Waals surface area contributed by atoms with E-state index in [1.807, 2.05) is 12.3 Å². The first kappa shape index (κ1) is 28.0. The summed E-state index contributed by atoms with van der Waals surface area (Å²) in [6.45, 7) is 10.2. The smallest absolute Gasteiger partial charge is 0.328 e. The van der Waals surface area contributed by atoms with Gasteiger partial charge in [-0.25, -0.2) is 14.6 Å². The summed E-state index contributed by atoms with van der Waals surface area (Å²) in [6, 6.07) is 17.2. The second kappa shape index (κ2) is 15.6. The van der Waals surface area contributed by atoms with E-state index < -0.39 is 11.9 Å². The summed E-state index contributed by atoms with van der Waals surface area (Å²) in [5, 5.41) is 15.6. The molecule has 0 bridgehead atoms. The zero-order valence-corrected chi connectivity index (χ0v) is 20.6. The lowest BCUT2D eigenvalue weighted by atomic mass is 10.1. The summed E-state index contributed by atoms with van der Waals surface area (Å²) in [7, 11) is 0. The van der Waals surface area contributed by atoms with Crippen LogP contribution in [-0.2, 0) is 20.9 Å². The fourth-order valence-electron chi connectivity index (χ4n) is 3.80. The Balaban J connectivity index is 0.000000466. The van der Waals surface area contributed by atoms with Gasteiger partial charge in [-0.15, -0.1) is 0 Å². The monoisotopic (exact) mass is 483 g/mol. The summed E-state index contributed by atoms with van der Waals surface area (Å²) in [6.07, 6.45) is 5.59. The van der Waals surface area contributed by atoms with Gasteiger partial charge < -0.3 is 19.8 Å². The number of hydrogen-bond acceptors (Lipinski definition) is 6. The molecule has 1 unspecified atom stereocenters. The molecule has 1 aliphatic heterocycles. The lowest BCUT2D eigenvalue weighted by molar-refractivity contribution is -0.134. The van der Waals surface area contributed by atoms with E-state index in [1.165, 1.54) is 31.5 Å². The van der Waals surface area contributed by atoms with Crippen LogP contribution in [0.2, 0.25) is 0 Å². The largest absolute Gasteiger partial charge is 0.478 e. The molecule has 1 fully saturated rings. The van der Waals surface area contributed by atoms with Crippen molar-refractivity contribution in [2.75, 3.05) is 37.7 Å². The van der Waals surface area contributed by atoms with E-state index in [0.717, 1.165) is 32.1 Å². The molecule has 0 spiro atoms. The second-order valence-corrected chi connectivity index (χ2v) is 8.89. The number of carbonyl (C=O) groups is 2. The quantitative estimate of drug-likeness (QED) is 0.438. The molecule has 1 aliphatic rings. The molecule has 2 heterocycles. The van der Waals surface area contributed by atoms with E-state index >= 15 is 0 Å². The van der Waals surface area contributed by atoms with Gasteiger partial charge in [-0.2, -0.15) is 0 Å². The van der Waals surface area contributed by atoms with Gasteiger partial charge in [0, 0.05) is 38.0 Å². The van der Waals surface area contributed by atoms with Gasteiger partial charge in [0.15, 0.2) is 0 Å². The molecular weight excluding hydrogens is 446 g/mol. The molecule has 1 saturated heterocycles. The van der Waals surface area contributed by atoms with E-state index in [0.29, 0.717) is 24.1 Å². The van der Waals surface area contributed by atoms with Gasteiger partial charge in [-0.1, -0.05) is 50.2 Å². The van der Waals surface area contributed by atoms with Crippen molar-refractivity contribution in [3.63, 3.8) is 0 Å². The van der Waals surface area contributed by atoms with Crippen molar-refractivity contribution in [1.29, 1.82) is 0 Å². The molecule has 8 nitrogen and oxygen atoms in total. The number of likely N-dealkylation sites (tertiary alicyclic amines) is 1. The van der Waals surface area contributed by atoms with Crippen LogP contribution in [0, 0.1) is 5.92 Å². The Kier molecular flexibility index (Phi) is 12.5. The zero-order valence-electron chi connectivity index (χ0n) is 20.6. The predicted molar refractivity (Wildman–Crippen MR) is 136 cm³/mol. The molecule has 1 aromatic heterocycles. The third-order valence-electron chi connectivity index (χ3n) is 5.41. The minimum absolute atomic E-state index is 0.400. The van der Waals surface area contributed by atoms with Gasteiger partial charge in [0.25, 0.3) is 0 Å². The highest BCUT2D eigenvalue weighted by Gasteiger charge is 2.25. The number of aromatic nitrogens is 1. The average Bonchev–Trinajstić information content (AvgIpc) is 3.38. The summed E-state index contributed by atoms with van der Waals surface area (Å²) in [5.41, 5.74) is 1.31. The summed E-state index contributed by atoms with van der Waals surface area (Å²) < 4.78 is 6.07.